The van der Waals surface area contributed by atoms with E-state index in [0.717, 1.165) is 43.0 Å². The van der Waals surface area contributed by atoms with Crippen LogP contribution in [0.2, 0.25) is 0 Å². The van der Waals surface area contributed by atoms with Crippen LogP contribution in [0.4, 0.5) is 9.18 Å². The number of primary amides is 1. The summed E-state index contributed by atoms with van der Waals surface area (Å²) >= 11 is 0. The highest BCUT2D eigenvalue weighted by molar-refractivity contribution is 6.23. The van der Waals surface area contributed by atoms with Crippen molar-refractivity contribution in [2.24, 2.45) is 17.6 Å². The molecule has 3 rings (SSSR count). The molecule has 2 heterocycles. The number of hydrogen-bond donors (Lipinski definition) is 6. The van der Waals surface area contributed by atoms with E-state index in [1.165, 1.54) is 26.4 Å². The molecular formula is C42H61FN6O11. The quantitative estimate of drug-likeness (QED) is 0.0683. The van der Waals surface area contributed by atoms with Gasteiger partial charge >= 0.3 is 11.8 Å². The van der Waals surface area contributed by atoms with Gasteiger partial charge in [0.1, 0.15) is 12.4 Å². The van der Waals surface area contributed by atoms with Crippen molar-refractivity contribution in [1.29, 1.82) is 0 Å². The molecule has 2 aliphatic rings. The molecule has 1 aliphatic carbocycles. The van der Waals surface area contributed by atoms with E-state index in [9.17, 15) is 43.1 Å². The number of nitrogens with one attached hydrogen (secondary N) is 4. The van der Waals surface area contributed by atoms with Crippen LogP contribution in [0.5, 0.6) is 0 Å². The summed E-state index contributed by atoms with van der Waals surface area (Å²) in [5, 5.41) is 20.3. The number of aliphatic hydroxyl groups is 1. The summed E-state index contributed by atoms with van der Waals surface area (Å²) in [5.41, 5.74) is 4.89. The van der Waals surface area contributed by atoms with Crippen LogP contribution in [0.1, 0.15) is 72.6 Å². The standard InChI is InChI=1S/C35H54N4O8.C7H7FN2O3/c1-21-17-25-30(38-16-11-9-8-10-15-37-5)27(40)20-26(32(25)42)39-34(43)22(2)13-12-14-28(45-6)33(47-35(36)44)24(4)19-23(3)31(41)29(18-21)46-7;8-5-4-10(2-1-3-11)7(13)9-6(5)12/h12-14,19-21,23,28-29,31,33,37-38,41H,8-11,15-18H2,1-7H3,(H2,36,44)(H,39,43);3-4H,1-2H2,(H,9,12,13)/b14-12-,22-13+,24-19+;/t21-,23+,28?,29?,31?,33?;/m1./s1. The summed E-state index contributed by atoms with van der Waals surface area (Å²) in [6, 6.07) is 0. The molecule has 7 N–H and O–H groups in total. The molecular weight excluding hydrogens is 783 g/mol. The van der Waals surface area contributed by atoms with Crippen LogP contribution in [0.15, 0.2) is 74.3 Å². The van der Waals surface area contributed by atoms with E-state index in [4.69, 9.17) is 19.9 Å². The largest absolute Gasteiger partial charge is 0.439 e. The minimum atomic E-state index is -1.05. The highest BCUT2D eigenvalue weighted by Gasteiger charge is 2.33. The number of Topliss-reactive ketones (excluding diaryl/α,β-unsaturated/α-hetero) is 1. The zero-order chi connectivity index (χ0) is 44.9. The van der Waals surface area contributed by atoms with Crippen LogP contribution in [0.3, 0.4) is 0 Å². The minimum Gasteiger partial charge on any atom is -0.439 e. The number of ketones is 2. The Morgan fingerprint density at radius 1 is 1.07 bits per heavy atom. The number of nitrogens with zero attached hydrogens (tertiary/aromatic N) is 1. The van der Waals surface area contributed by atoms with Crippen LogP contribution in [-0.2, 0) is 39.9 Å². The Hall–Kier alpha value is -5.30. The van der Waals surface area contributed by atoms with Crippen molar-refractivity contribution in [3.8, 4) is 0 Å². The van der Waals surface area contributed by atoms with E-state index in [1.807, 2.05) is 20.9 Å². The normalized spacial score (nSPS) is 25.4. The lowest BCUT2D eigenvalue weighted by Gasteiger charge is -2.30. The minimum absolute atomic E-state index is 0.0655. The number of aromatic nitrogens is 2. The topological polar surface area (TPSA) is 250 Å². The molecule has 2 amide bonds. The number of aryl methyl sites for hydroxylation is 1. The number of carbonyl (C=O) groups excluding carboxylic acids is 5. The number of fused-ring (bicyclic) bond motifs is 2. The molecule has 0 aromatic carbocycles. The van der Waals surface area contributed by atoms with Gasteiger partial charge in [-0.2, -0.15) is 4.39 Å². The average Bonchev–Trinajstić information content (AvgIpc) is 3.20. The average molecular weight is 845 g/mol. The second kappa shape index (κ2) is 26.0. The third-order valence-corrected chi connectivity index (χ3v) is 9.90. The predicted octanol–water partition coefficient (Wildman–Crippen LogP) is 2.40. The van der Waals surface area contributed by atoms with E-state index in [0.29, 0.717) is 24.8 Å². The van der Waals surface area contributed by atoms with Gasteiger partial charge in [-0.05, 0) is 64.6 Å². The van der Waals surface area contributed by atoms with Gasteiger partial charge in [0, 0.05) is 56.9 Å². The summed E-state index contributed by atoms with van der Waals surface area (Å²) in [5.74, 6) is -3.04. The van der Waals surface area contributed by atoms with E-state index < -0.39 is 65.2 Å². The van der Waals surface area contributed by atoms with Gasteiger partial charge in [-0.1, -0.05) is 51.0 Å². The zero-order valence-electron chi connectivity index (χ0n) is 35.5. The van der Waals surface area contributed by atoms with Gasteiger partial charge in [0.15, 0.2) is 6.10 Å². The number of aldehydes is 1. The fourth-order valence-corrected chi connectivity index (χ4v) is 6.61. The van der Waals surface area contributed by atoms with E-state index in [2.05, 4.69) is 16.0 Å². The molecule has 4 unspecified atom stereocenters. The van der Waals surface area contributed by atoms with Crippen molar-refractivity contribution in [3.63, 3.8) is 0 Å². The Labute approximate surface area is 349 Å². The Balaban J connectivity index is 0.000000807. The number of halogens is 1. The van der Waals surface area contributed by atoms with Crippen LogP contribution < -0.4 is 32.9 Å². The third kappa shape index (κ3) is 16.0. The second-order valence-electron chi connectivity index (χ2n) is 14.8. The molecule has 6 atom stereocenters. The summed E-state index contributed by atoms with van der Waals surface area (Å²) in [6.45, 7) is 8.60. The molecule has 0 saturated carbocycles. The first kappa shape index (κ1) is 50.8. The lowest BCUT2D eigenvalue weighted by molar-refractivity contribution is -0.120. The number of unbranched alkanes of at least 4 members (excludes halogenated alkanes) is 3. The molecule has 60 heavy (non-hydrogen) atoms. The van der Waals surface area contributed by atoms with Crippen molar-refractivity contribution in [1.82, 2.24) is 25.5 Å². The number of allylic oxidation sites excluding steroid dienone is 4. The first-order valence-electron chi connectivity index (χ1n) is 19.9. The van der Waals surface area contributed by atoms with Crippen molar-refractivity contribution >= 4 is 29.9 Å². The zero-order valence-corrected chi connectivity index (χ0v) is 35.5. The molecule has 0 fully saturated rings. The summed E-state index contributed by atoms with van der Waals surface area (Å²) in [7, 11) is 4.87. The first-order chi connectivity index (χ1) is 28.5. The molecule has 0 radical (unpaired) electrons. The van der Waals surface area contributed by atoms with Gasteiger partial charge in [0.2, 0.25) is 17.4 Å². The fraction of sp³-hybridized carbons (Fsp3) is 0.548. The van der Waals surface area contributed by atoms with Crippen molar-refractivity contribution in [3.05, 3.63) is 91.3 Å². The van der Waals surface area contributed by atoms with Crippen LogP contribution in [0.25, 0.3) is 0 Å². The number of hydrogen-bond acceptors (Lipinski definition) is 13. The molecule has 332 valence electrons. The molecule has 2 bridgehead atoms. The SMILES string of the molecule is CNCCCCCCNC1=C2C[C@@H](C)CC(OC)C(O)[C@@H](C)/C=C(\C)C(OC(N)=O)C(OC)/C=C\C=C(/C)C(=O)NC(=CC1=O)C2=O.O=CCCn1cc(F)c(=O)[nH]c1=O. The highest BCUT2D eigenvalue weighted by Crippen LogP contribution is 2.29. The molecule has 1 aromatic heterocycles. The van der Waals surface area contributed by atoms with Gasteiger partial charge in [-0.3, -0.25) is 28.7 Å². The van der Waals surface area contributed by atoms with Gasteiger partial charge in [0.25, 0.3) is 11.5 Å². The number of rotatable bonds is 14. The van der Waals surface area contributed by atoms with Gasteiger partial charge < -0.3 is 45.8 Å². The highest BCUT2D eigenvalue weighted by atomic mass is 19.1. The van der Waals surface area contributed by atoms with Gasteiger partial charge in [-0.25, -0.2) is 9.59 Å². The van der Waals surface area contributed by atoms with Gasteiger partial charge in [0.05, 0.1) is 29.8 Å². The number of nitrogens with two attached hydrogens (primary N) is 1. The Morgan fingerprint density at radius 2 is 1.75 bits per heavy atom. The number of amides is 2. The Bertz CT molecular complexity index is 1930. The number of H-pyrrole nitrogens is 1. The van der Waals surface area contributed by atoms with Crippen LogP contribution in [-0.4, -0.2) is 103 Å². The van der Waals surface area contributed by atoms with E-state index >= 15 is 0 Å². The Kier molecular flexibility index (Phi) is 22.1. The monoisotopic (exact) mass is 844 g/mol. The second-order valence-corrected chi connectivity index (χ2v) is 14.8. The molecule has 1 aliphatic heterocycles. The molecule has 17 nitrogen and oxygen atoms in total. The maximum absolute atomic E-state index is 13.8. The van der Waals surface area contributed by atoms with Crippen LogP contribution >= 0.6 is 0 Å². The van der Waals surface area contributed by atoms with Crippen molar-refractivity contribution in [2.45, 2.75) is 104 Å². The summed E-state index contributed by atoms with van der Waals surface area (Å²) in [4.78, 5) is 85.3. The maximum atomic E-state index is 13.8. The van der Waals surface area contributed by atoms with Gasteiger partial charge in [-0.15, -0.1) is 0 Å². The number of carbonyl (C=O) groups is 5. The molecule has 0 saturated heterocycles. The molecule has 1 aromatic rings. The van der Waals surface area contributed by atoms with Crippen molar-refractivity contribution < 1.29 is 47.7 Å². The summed E-state index contributed by atoms with van der Waals surface area (Å²) in [6.07, 6.45) is 9.38. The molecule has 18 heteroatoms. The maximum Gasteiger partial charge on any atom is 0.405 e. The summed E-state index contributed by atoms with van der Waals surface area (Å²) < 4.78 is 30.2. The first-order valence-corrected chi connectivity index (χ1v) is 19.9. The lowest BCUT2D eigenvalue weighted by atomic mass is 9.85. The smallest absolute Gasteiger partial charge is 0.405 e. The van der Waals surface area contributed by atoms with E-state index in [-0.39, 0.29) is 53.6 Å². The predicted molar refractivity (Wildman–Crippen MR) is 222 cm³/mol. The van der Waals surface area contributed by atoms with Crippen LogP contribution in [0, 0.1) is 17.7 Å². The number of aliphatic hydroxyl groups excluding tert-OH is 1. The Morgan fingerprint density at radius 3 is 2.37 bits per heavy atom. The number of aromatic amines is 1. The fourth-order valence-electron chi connectivity index (χ4n) is 6.61. The van der Waals surface area contributed by atoms with E-state index in [1.54, 1.807) is 37.1 Å². The number of methoxy groups -OCH3 is 2. The lowest BCUT2D eigenvalue weighted by Crippen LogP contribution is -2.38. The third-order valence-electron chi connectivity index (χ3n) is 9.90. The number of ether oxygens (including phenoxy) is 3. The molecule has 0 spiro atoms. The van der Waals surface area contributed by atoms with Crippen molar-refractivity contribution in [2.75, 3.05) is 34.4 Å².